The Balaban J connectivity index is 1.41. The topological polar surface area (TPSA) is 134 Å². The summed E-state index contributed by atoms with van der Waals surface area (Å²) in [5, 5.41) is 30.7. The fourth-order valence-corrected chi connectivity index (χ4v) is 4.60. The Morgan fingerprint density at radius 1 is 1.05 bits per heavy atom. The summed E-state index contributed by atoms with van der Waals surface area (Å²) in [6, 6.07) is 20.0. The van der Waals surface area contributed by atoms with Gasteiger partial charge in [-0.2, -0.15) is 5.26 Å². The number of benzene rings is 3. The van der Waals surface area contributed by atoms with Crippen molar-refractivity contribution >= 4 is 5.97 Å². The van der Waals surface area contributed by atoms with Crippen molar-refractivity contribution in [1.29, 1.82) is 5.26 Å². The minimum atomic E-state index is -1.15. The first kappa shape index (κ1) is 29.2. The Bertz CT molecular complexity index is 1750. The number of fused-ring (bicyclic) bond motifs is 1. The minimum Gasteiger partial charge on any atom is -0.488 e. The number of aromatic nitrogens is 1. The van der Waals surface area contributed by atoms with E-state index in [1.54, 1.807) is 18.3 Å². The van der Waals surface area contributed by atoms with Gasteiger partial charge in [-0.15, -0.1) is 0 Å². The van der Waals surface area contributed by atoms with Crippen LogP contribution in [0, 0.1) is 30.1 Å². The van der Waals surface area contributed by atoms with Crippen molar-refractivity contribution in [2.45, 2.75) is 26.1 Å². The first-order valence-electron chi connectivity index (χ1n) is 13.6. The zero-order valence-electron chi connectivity index (χ0n) is 23.5. The molecule has 0 aliphatic carbocycles. The fourth-order valence-electron chi connectivity index (χ4n) is 4.60. The number of carboxylic acids is 1. The molecule has 1 atom stereocenters. The molecule has 43 heavy (non-hydrogen) atoms. The lowest BCUT2D eigenvalue weighted by Gasteiger charge is -2.19. The van der Waals surface area contributed by atoms with Crippen LogP contribution in [-0.2, 0) is 17.9 Å². The highest BCUT2D eigenvalue weighted by Crippen LogP contribution is 2.36. The smallest absolute Gasteiger partial charge is 0.323 e. The molecule has 0 radical (unpaired) electrons. The summed E-state index contributed by atoms with van der Waals surface area (Å²) in [4.78, 5) is 15.4. The number of nitrogens with zero attached hydrogens (tertiary/aromatic N) is 2. The van der Waals surface area contributed by atoms with Gasteiger partial charge in [0, 0.05) is 41.2 Å². The molecular formula is C34H29N3O6. The highest BCUT2D eigenvalue weighted by atomic mass is 16.6. The highest BCUT2D eigenvalue weighted by molar-refractivity contribution is 5.74. The molecule has 0 bridgehead atoms. The van der Waals surface area contributed by atoms with Crippen molar-refractivity contribution < 1.29 is 29.2 Å². The zero-order valence-corrected chi connectivity index (χ0v) is 23.5. The molecule has 9 nitrogen and oxygen atoms in total. The van der Waals surface area contributed by atoms with Crippen LogP contribution in [0.25, 0.3) is 11.1 Å². The van der Waals surface area contributed by atoms with Crippen LogP contribution in [0.15, 0.2) is 73.1 Å². The number of rotatable bonds is 9. The fraction of sp³-hybridized carbons (Fsp3) is 0.206. The lowest BCUT2D eigenvalue weighted by molar-refractivity contribution is -0.140. The van der Waals surface area contributed by atoms with Gasteiger partial charge in [0.25, 0.3) is 0 Å². The van der Waals surface area contributed by atoms with E-state index in [1.807, 2.05) is 55.5 Å². The van der Waals surface area contributed by atoms with E-state index >= 15 is 0 Å². The number of carboxylic acid groups (broad SMARTS) is 1. The second-order valence-corrected chi connectivity index (χ2v) is 9.85. The summed E-state index contributed by atoms with van der Waals surface area (Å²) < 4.78 is 17.5. The Morgan fingerprint density at radius 2 is 1.88 bits per heavy atom. The normalized spacial score (nSPS) is 12.4. The molecule has 216 valence electrons. The van der Waals surface area contributed by atoms with Gasteiger partial charge in [0.2, 0.25) is 0 Å². The number of aliphatic hydroxyl groups is 1. The van der Waals surface area contributed by atoms with Crippen molar-refractivity contribution in [1.82, 2.24) is 10.3 Å². The van der Waals surface area contributed by atoms with Crippen molar-refractivity contribution in [3.05, 3.63) is 106 Å². The molecule has 0 unspecified atom stereocenters. The van der Waals surface area contributed by atoms with Crippen molar-refractivity contribution in [3.8, 4) is 46.3 Å². The van der Waals surface area contributed by atoms with E-state index in [1.165, 1.54) is 6.20 Å². The number of nitriles is 1. The number of aliphatic hydroxyl groups excluding tert-OH is 1. The average Bonchev–Trinajstić information content (AvgIpc) is 3.04. The first-order chi connectivity index (χ1) is 20.9. The average molecular weight is 576 g/mol. The summed E-state index contributed by atoms with van der Waals surface area (Å²) in [7, 11) is 0. The highest BCUT2D eigenvalue weighted by Gasteiger charge is 2.17. The molecule has 1 aromatic heterocycles. The van der Waals surface area contributed by atoms with E-state index in [4.69, 9.17) is 14.2 Å². The Labute approximate surface area is 249 Å². The van der Waals surface area contributed by atoms with E-state index in [0.717, 1.165) is 33.8 Å². The van der Waals surface area contributed by atoms with Crippen molar-refractivity contribution in [3.63, 3.8) is 0 Å². The molecule has 3 aromatic carbocycles. The van der Waals surface area contributed by atoms with E-state index in [0.29, 0.717) is 41.2 Å². The third-order valence-electron chi connectivity index (χ3n) is 6.93. The number of pyridine rings is 1. The van der Waals surface area contributed by atoms with Crippen molar-refractivity contribution in [2.75, 3.05) is 19.8 Å². The number of carbonyl (C=O) groups is 1. The Kier molecular flexibility index (Phi) is 9.18. The third-order valence-corrected chi connectivity index (χ3v) is 6.93. The lowest BCUT2D eigenvalue weighted by atomic mass is 9.96. The zero-order chi connectivity index (χ0) is 30.2. The number of aliphatic carboxylic acids is 1. The number of nitrogens with one attached hydrogen (secondary N) is 1. The van der Waals surface area contributed by atoms with E-state index in [-0.39, 0.29) is 13.2 Å². The summed E-state index contributed by atoms with van der Waals surface area (Å²) >= 11 is 0. The van der Waals surface area contributed by atoms with Crippen LogP contribution in [0.1, 0.15) is 33.4 Å². The van der Waals surface area contributed by atoms with Crippen LogP contribution >= 0.6 is 0 Å². The predicted molar refractivity (Wildman–Crippen MR) is 159 cm³/mol. The molecule has 0 amide bonds. The van der Waals surface area contributed by atoms with Gasteiger partial charge in [0.15, 0.2) is 11.5 Å². The molecule has 0 saturated carbocycles. The molecule has 0 spiro atoms. The third kappa shape index (κ3) is 7.11. The molecule has 0 saturated heterocycles. The maximum atomic E-state index is 11.4. The molecule has 4 aromatic rings. The van der Waals surface area contributed by atoms with Gasteiger partial charge in [0.1, 0.15) is 37.7 Å². The molecular weight excluding hydrogens is 546 g/mol. The summed E-state index contributed by atoms with van der Waals surface area (Å²) in [5.41, 5.74) is 6.46. The van der Waals surface area contributed by atoms with Gasteiger partial charge >= 0.3 is 5.97 Å². The van der Waals surface area contributed by atoms with Crippen LogP contribution < -0.4 is 19.5 Å². The van der Waals surface area contributed by atoms with Gasteiger partial charge in [0.05, 0.1) is 12.2 Å². The number of hydrogen-bond donors (Lipinski definition) is 3. The largest absolute Gasteiger partial charge is 0.488 e. The van der Waals surface area contributed by atoms with E-state index in [2.05, 4.69) is 28.2 Å². The molecule has 3 N–H and O–H groups in total. The number of ether oxygens (including phenoxy) is 3. The molecule has 1 aliphatic heterocycles. The Hall–Kier alpha value is -5.35. The van der Waals surface area contributed by atoms with Crippen molar-refractivity contribution in [2.24, 2.45) is 0 Å². The maximum absolute atomic E-state index is 11.4. The van der Waals surface area contributed by atoms with Gasteiger partial charge in [-0.05, 0) is 60.0 Å². The molecule has 5 rings (SSSR count). The maximum Gasteiger partial charge on any atom is 0.323 e. The second kappa shape index (κ2) is 13.5. The van der Waals surface area contributed by atoms with E-state index in [9.17, 15) is 20.3 Å². The monoisotopic (exact) mass is 575 g/mol. The molecule has 2 heterocycles. The standard InChI is InChI=1S/C34H29N3O6/c1-22-26(3-2-4-29(22)27-9-10-31-33(15-27)42-12-11-41-31)7-5-23-6-8-28(19-37-30(20-38)34(39)40)32(14-23)43-21-25-13-24(16-35)17-36-18-25/h2-4,6,8-10,13-15,17-18,30,37-38H,11-12,19-21H2,1H3,(H,39,40)/t30-/m0/s1. The number of hydrogen-bond acceptors (Lipinski definition) is 8. The van der Waals surface area contributed by atoms with Crippen LogP contribution in [-0.4, -0.2) is 47.0 Å². The summed E-state index contributed by atoms with van der Waals surface area (Å²) in [6.07, 6.45) is 3.09. The first-order valence-corrected chi connectivity index (χ1v) is 13.6. The van der Waals surface area contributed by atoms with Crippen LogP contribution in [0.3, 0.4) is 0 Å². The van der Waals surface area contributed by atoms with Gasteiger partial charge in [-0.3, -0.25) is 15.1 Å². The molecule has 0 fully saturated rings. The van der Waals surface area contributed by atoms with Crippen LogP contribution in [0.5, 0.6) is 17.2 Å². The minimum absolute atomic E-state index is 0.144. The van der Waals surface area contributed by atoms with Gasteiger partial charge < -0.3 is 24.4 Å². The second-order valence-electron chi connectivity index (χ2n) is 9.85. The quantitative estimate of drug-likeness (QED) is 0.251. The van der Waals surface area contributed by atoms with Crippen LogP contribution in [0.4, 0.5) is 0 Å². The van der Waals surface area contributed by atoms with Gasteiger partial charge in [-0.1, -0.05) is 36.1 Å². The summed E-state index contributed by atoms with van der Waals surface area (Å²) in [6.45, 7) is 2.83. The summed E-state index contributed by atoms with van der Waals surface area (Å²) in [5.74, 6) is 7.31. The molecule has 1 aliphatic rings. The lowest BCUT2D eigenvalue weighted by Crippen LogP contribution is -2.39. The Morgan fingerprint density at radius 3 is 2.67 bits per heavy atom. The van der Waals surface area contributed by atoms with Crippen LogP contribution in [0.2, 0.25) is 0 Å². The predicted octanol–water partition coefficient (Wildman–Crippen LogP) is 4.21. The van der Waals surface area contributed by atoms with E-state index < -0.39 is 18.6 Å². The molecule has 9 heteroatoms. The van der Waals surface area contributed by atoms with Gasteiger partial charge in [-0.25, -0.2) is 0 Å². The SMILES string of the molecule is Cc1c(C#Cc2ccc(CN[C@@H](CO)C(=O)O)c(OCc3cncc(C#N)c3)c2)cccc1-c1ccc2c(c1)OCCO2.